The second-order valence-electron chi connectivity index (χ2n) is 7.84. The molecule has 2 rings (SSSR count). The fraction of sp³-hybridized carbons (Fsp3) is 0.381. The van der Waals surface area contributed by atoms with Crippen molar-refractivity contribution in [2.75, 3.05) is 0 Å². The zero-order valence-electron chi connectivity index (χ0n) is 15.8. The van der Waals surface area contributed by atoms with Crippen LogP contribution < -0.4 is 0 Å². The molecule has 0 aliphatic heterocycles. The van der Waals surface area contributed by atoms with Gasteiger partial charge in [0.1, 0.15) is 18.0 Å². The van der Waals surface area contributed by atoms with Crippen molar-refractivity contribution in [3.8, 4) is 6.07 Å². The number of benzene rings is 2. The van der Waals surface area contributed by atoms with Gasteiger partial charge in [0.05, 0.1) is 11.2 Å². The summed E-state index contributed by atoms with van der Waals surface area (Å²) in [6.45, 7) is 10.5. The van der Waals surface area contributed by atoms with Gasteiger partial charge in [-0.15, -0.1) is 0 Å². The van der Waals surface area contributed by atoms with Gasteiger partial charge in [-0.2, -0.15) is 5.26 Å². The molecule has 1 atom stereocenters. The SMILES string of the molecule is CC(C)(C)[Si]OC(C)(C)c1ccc(C(O)c2ccc(F)c(C#N)c2)cc1. The van der Waals surface area contributed by atoms with E-state index in [-0.39, 0.29) is 10.6 Å². The van der Waals surface area contributed by atoms with Gasteiger partial charge in [0.25, 0.3) is 0 Å². The lowest BCUT2D eigenvalue weighted by Gasteiger charge is -2.30. The van der Waals surface area contributed by atoms with Gasteiger partial charge >= 0.3 is 0 Å². The van der Waals surface area contributed by atoms with Gasteiger partial charge in [-0.05, 0) is 47.7 Å². The fourth-order valence-electron chi connectivity index (χ4n) is 2.40. The Morgan fingerprint density at radius 2 is 1.62 bits per heavy atom. The monoisotopic (exact) mass is 369 g/mol. The summed E-state index contributed by atoms with van der Waals surface area (Å²) in [7, 11) is 0.370. The molecule has 0 spiro atoms. The largest absolute Gasteiger partial charge is 0.408 e. The summed E-state index contributed by atoms with van der Waals surface area (Å²) < 4.78 is 19.6. The van der Waals surface area contributed by atoms with E-state index >= 15 is 0 Å². The molecule has 0 aliphatic carbocycles. The van der Waals surface area contributed by atoms with E-state index in [1.165, 1.54) is 18.2 Å². The van der Waals surface area contributed by atoms with Crippen LogP contribution in [0.25, 0.3) is 0 Å². The van der Waals surface area contributed by atoms with E-state index in [1.54, 1.807) is 6.07 Å². The number of aliphatic hydroxyl groups is 1. The lowest BCUT2D eigenvalue weighted by Crippen LogP contribution is -2.27. The van der Waals surface area contributed by atoms with E-state index in [0.717, 1.165) is 5.56 Å². The maximum Gasteiger partial charge on any atom is 0.236 e. The summed E-state index contributed by atoms with van der Waals surface area (Å²) in [5.41, 5.74) is 1.68. The third-order valence-corrected chi connectivity index (χ3v) is 5.19. The third kappa shape index (κ3) is 5.01. The predicted octanol–water partition coefficient (Wildman–Crippen LogP) is 4.87. The highest BCUT2D eigenvalue weighted by molar-refractivity contribution is 6.31. The molecule has 0 bridgehead atoms. The van der Waals surface area contributed by atoms with Crippen LogP contribution in [0.5, 0.6) is 0 Å². The normalized spacial score (nSPS) is 13.3. The Bertz CT molecular complexity index is 804. The van der Waals surface area contributed by atoms with Gasteiger partial charge in [-0.1, -0.05) is 51.1 Å². The summed E-state index contributed by atoms with van der Waals surface area (Å²) in [5, 5.41) is 19.6. The zero-order valence-corrected chi connectivity index (χ0v) is 16.8. The van der Waals surface area contributed by atoms with Crippen LogP contribution in [0.4, 0.5) is 4.39 Å². The molecule has 1 unspecified atom stereocenters. The number of nitriles is 1. The van der Waals surface area contributed by atoms with Crippen molar-refractivity contribution in [2.45, 2.75) is 51.4 Å². The van der Waals surface area contributed by atoms with Gasteiger partial charge in [-0.3, -0.25) is 0 Å². The lowest BCUT2D eigenvalue weighted by molar-refractivity contribution is 0.109. The van der Waals surface area contributed by atoms with Crippen LogP contribution in [0.3, 0.4) is 0 Å². The minimum Gasteiger partial charge on any atom is -0.408 e. The van der Waals surface area contributed by atoms with Crippen molar-refractivity contribution in [2.24, 2.45) is 0 Å². The molecular weight excluding hydrogens is 345 g/mol. The first kappa shape index (κ1) is 20.3. The maximum absolute atomic E-state index is 13.5. The molecule has 0 aliphatic rings. The minimum absolute atomic E-state index is 0.0733. The molecule has 1 N–H and O–H groups in total. The summed E-state index contributed by atoms with van der Waals surface area (Å²) in [5.74, 6) is -0.586. The average molecular weight is 370 g/mol. The van der Waals surface area contributed by atoms with Crippen molar-refractivity contribution in [3.05, 3.63) is 70.5 Å². The number of aliphatic hydroxyl groups excluding tert-OH is 1. The van der Waals surface area contributed by atoms with Gasteiger partial charge in [0, 0.05) is 0 Å². The Morgan fingerprint density at radius 1 is 1.04 bits per heavy atom. The Morgan fingerprint density at radius 3 is 2.15 bits per heavy atom. The van der Waals surface area contributed by atoms with E-state index in [4.69, 9.17) is 9.69 Å². The Hall–Kier alpha value is -2.00. The van der Waals surface area contributed by atoms with E-state index in [2.05, 4.69) is 20.8 Å². The lowest BCUT2D eigenvalue weighted by atomic mass is 9.94. The number of rotatable bonds is 5. The Balaban J connectivity index is 2.20. The summed E-state index contributed by atoms with van der Waals surface area (Å²) in [4.78, 5) is 0. The van der Waals surface area contributed by atoms with Crippen LogP contribution >= 0.6 is 0 Å². The van der Waals surface area contributed by atoms with Crippen LogP contribution in [0.1, 0.15) is 63.0 Å². The molecule has 2 aromatic rings. The average Bonchev–Trinajstić information content (AvgIpc) is 2.59. The Kier molecular flexibility index (Phi) is 6.02. The van der Waals surface area contributed by atoms with E-state index in [0.29, 0.717) is 20.9 Å². The molecule has 2 radical (unpaired) electrons. The van der Waals surface area contributed by atoms with Gasteiger partial charge in [-0.25, -0.2) is 4.39 Å². The molecule has 0 heterocycles. The highest BCUT2D eigenvalue weighted by Crippen LogP contribution is 2.31. The van der Waals surface area contributed by atoms with Crippen molar-refractivity contribution in [1.29, 1.82) is 5.26 Å². The first-order chi connectivity index (χ1) is 12.0. The smallest absolute Gasteiger partial charge is 0.236 e. The topological polar surface area (TPSA) is 53.2 Å². The zero-order chi connectivity index (χ0) is 19.5. The molecule has 26 heavy (non-hydrogen) atoms. The number of halogens is 1. The molecule has 0 saturated carbocycles. The van der Waals surface area contributed by atoms with Crippen LogP contribution in [-0.4, -0.2) is 14.9 Å². The number of hydrogen-bond acceptors (Lipinski definition) is 3. The molecule has 0 amide bonds. The van der Waals surface area contributed by atoms with Crippen molar-refractivity contribution in [1.82, 2.24) is 0 Å². The highest BCUT2D eigenvalue weighted by Gasteiger charge is 2.25. The maximum atomic E-state index is 13.5. The molecule has 5 heteroatoms. The molecular formula is C21H24FNO2Si. The summed E-state index contributed by atoms with van der Waals surface area (Å²) in [6, 6.07) is 13.4. The minimum atomic E-state index is -0.919. The van der Waals surface area contributed by atoms with E-state index in [1.807, 2.05) is 38.1 Å². The van der Waals surface area contributed by atoms with Crippen molar-refractivity contribution in [3.63, 3.8) is 0 Å². The number of nitrogens with zero attached hydrogens (tertiary/aromatic N) is 1. The van der Waals surface area contributed by atoms with E-state index in [9.17, 15) is 9.50 Å². The van der Waals surface area contributed by atoms with Crippen LogP contribution in [0.15, 0.2) is 42.5 Å². The summed E-state index contributed by atoms with van der Waals surface area (Å²) >= 11 is 0. The highest BCUT2D eigenvalue weighted by atomic mass is 28.2. The second kappa shape index (κ2) is 7.71. The standard InChI is InChI=1S/C21H24FNO2Si/c1-20(2,3)26-25-21(4,5)17-9-6-14(7-10-17)19(24)15-8-11-18(22)16(12-15)13-23/h6-12,19,24H,1-5H3. The van der Waals surface area contributed by atoms with Crippen LogP contribution in [-0.2, 0) is 10.0 Å². The third-order valence-electron chi connectivity index (χ3n) is 3.96. The quantitative estimate of drug-likeness (QED) is 0.765. The first-order valence-electron chi connectivity index (χ1n) is 8.47. The fourth-order valence-corrected chi connectivity index (χ4v) is 3.08. The molecule has 136 valence electrons. The second-order valence-corrected chi connectivity index (χ2v) is 9.75. The van der Waals surface area contributed by atoms with Crippen molar-refractivity contribution < 1.29 is 13.9 Å². The van der Waals surface area contributed by atoms with E-state index < -0.39 is 17.5 Å². The van der Waals surface area contributed by atoms with Crippen LogP contribution in [0, 0.1) is 17.1 Å². The summed E-state index contributed by atoms with van der Waals surface area (Å²) in [6.07, 6.45) is -0.919. The first-order valence-corrected chi connectivity index (χ1v) is 9.37. The van der Waals surface area contributed by atoms with Crippen molar-refractivity contribution >= 4 is 9.76 Å². The van der Waals surface area contributed by atoms with Crippen LogP contribution in [0.2, 0.25) is 5.04 Å². The predicted molar refractivity (Wildman–Crippen MR) is 101 cm³/mol. The molecule has 3 nitrogen and oxygen atoms in total. The van der Waals surface area contributed by atoms with Gasteiger partial charge < -0.3 is 9.53 Å². The molecule has 0 aromatic heterocycles. The Labute approximate surface area is 157 Å². The van der Waals surface area contributed by atoms with Gasteiger partial charge in [0.15, 0.2) is 0 Å². The van der Waals surface area contributed by atoms with Gasteiger partial charge in [0.2, 0.25) is 9.76 Å². The number of hydrogen-bond donors (Lipinski definition) is 1. The molecule has 2 aromatic carbocycles. The molecule has 0 fully saturated rings. The molecule has 0 saturated heterocycles.